The zero-order valence-electron chi connectivity index (χ0n) is 21.7. The lowest BCUT2D eigenvalue weighted by atomic mass is 10.1. The minimum absolute atomic E-state index is 0.0914. The van der Waals surface area contributed by atoms with Crippen molar-refractivity contribution >= 4 is 34.4 Å². The number of ketones is 1. The van der Waals surface area contributed by atoms with Gasteiger partial charge in [-0.05, 0) is 37.3 Å². The Kier molecular flexibility index (Phi) is 6.65. The standard InChI is InChI=1S/C34H25N3O3/c1-23-16-18-25(19-17-23)33(39)34-32(28-14-8-9-15-29(28)40-34)35-30(38)21-20-26-22-37(27-12-6-3-7-13-27)36-31(26)24-10-4-2-5-11-24/h2-22H,1H3,(H,35,38)/b21-20+. The molecule has 2 aromatic heterocycles. The van der Waals surface area contributed by atoms with Crippen LogP contribution >= 0.6 is 0 Å². The van der Waals surface area contributed by atoms with E-state index in [2.05, 4.69) is 5.32 Å². The minimum atomic E-state index is -0.393. The predicted octanol–water partition coefficient (Wildman–Crippen LogP) is 7.48. The fourth-order valence-corrected chi connectivity index (χ4v) is 4.54. The minimum Gasteiger partial charge on any atom is -0.450 e. The van der Waals surface area contributed by atoms with Gasteiger partial charge in [0.15, 0.2) is 5.76 Å². The summed E-state index contributed by atoms with van der Waals surface area (Å²) in [5, 5.41) is 8.35. The van der Waals surface area contributed by atoms with Crippen molar-refractivity contribution in [1.29, 1.82) is 0 Å². The number of carbonyl (C=O) groups is 2. The third-order valence-corrected chi connectivity index (χ3v) is 6.59. The largest absolute Gasteiger partial charge is 0.450 e. The van der Waals surface area contributed by atoms with Crippen LogP contribution in [0.3, 0.4) is 0 Å². The highest BCUT2D eigenvalue weighted by atomic mass is 16.3. The molecule has 0 atom stereocenters. The van der Waals surface area contributed by atoms with Gasteiger partial charge in [0.05, 0.1) is 17.1 Å². The first kappa shape index (κ1) is 24.8. The summed E-state index contributed by atoms with van der Waals surface area (Å²) in [6, 6.07) is 34.1. The Morgan fingerprint density at radius 2 is 1.50 bits per heavy atom. The number of aryl methyl sites for hydroxylation is 1. The second kappa shape index (κ2) is 10.7. The van der Waals surface area contributed by atoms with Crippen LogP contribution in [0.1, 0.15) is 27.2 Å². The molecule has 0 bridgehead atoms. The van der Waals surface area contributed by atoms with Crippen molar-refractivity contribution in [3.8, 4) is 16.9 Å². The van der Waals surface area contributed by atoms with E-state index in [-0.39, 0.29) is 11.5 Å². The van der Waals surface area contributed by atoms with E-state index >= 15 is 0 Å². The third-order valence-electron chi connectivity index (χ3n) is 6.59. The maximum absolute atomic E-state index is 13.4. The summed E-state index contributed by atoms with van der Waals surface area (Å²) in [5.74, 6) is -0.601. The highest BCUT2D eigenvalue weighted by molar-refractivity contribution is 6.18. The fourth-order valence-electron chi connectivity index (χ4n) is 4.54. The van der Waals surface area contributed by atoms with Gasteiger partial charge in [-0.3, -0.25) is 9.59 Å². The third kappa shape index (κ3) is 4.98. The fraction of sp³-hybridized carbons (Fsp3) is 0.0294. The molecule has 40 heavy (non-hydrogen) atoms. The van der Waals surface area contributed by atoms with Gasteiger partial charge >= 0.3 is 0 Å². The van der Waals surface area contributed by atoms with Crippen LogP contribution in [0.4, 0.5) is 5.69 Å². The van der Waals surface area contributed by atoms with E-state index in [1.54, 1.807) is 29.0 Å². The first-order valence-corrected chi connectivity index (χ1v) is 12.9. The smallest absolute Gasteiger partial charge is 0.248 e. The quantitative estimate of drug-likeness (QED) is 0.174. The Balaban J connectivity index is 1.33. The second-order valence-corrected chi connectivity index (χ2v) is 9.40. The number of rotatable bonds is 7. The van der Waals surface area contributed by atoms with Crippen LogP contribution in [-0.2, 0) is 4.79 Å². The lowest BCUT2D eigenvalue weighted by molar-refractivity contribution is -0.111. The van der Waals surface area contributed by atoms with E-state index in [0.717, 1.165) is 28.1 Å². The van der Waals surface area contributed by atoms with Crippen LogP contribution in [0.25, 0.3) is 34.0 Å². The summed E-state index contributed by atoms with van der Waals surface area (Å²) in [5.41, 5.74) is 5.77. The van der Waals surface area contributed by atoms with Crippen molar-refractivity contribution in [2.45, 2.75) is 6.92 Å². The van der Waals surface area contributed by atoms with Crippen molar-refractivity contribution in [3.63, 3.8) is 0 Å². The first-order valence-electron chi connectivity index (χ1n) is 12.9. The highest BCUT2D eigenvalue weighted by Gasteiger charge is 2.23. The Labute approximate surface area is 231 Å². The highest BCUT2D eigenvalue weighted by Crippen LogP contribution is 2.33. The van der Waals surface area contributed by atoms with E-state index in [1.165, 1.54) is 6.08 Å². The molecule has 0 aliphatic heterocycles. The van der Waals surface area contributed by atoms with Crippen molar-refractivity contribution in [2.75, 3.05) is 5.32 Å². The average molecular weight is 524 g/mol. The molecule has 0 saturated heterocycles. The van der Waals surface area contributed by atoms with Gasteiger partial charge in [-0.2, -0.15) is 5.10 Å². The van der Waals surface area contributed by atoms with E-state index < -0.39 is 5.91 Å². The molecule has 0 radical (unpaired) electrons. The molecule has 4 aromatic carbocycles. The number of amides is 1. The van der Waals surface area contributed by atoms with Gasteiger partial charge in [0.25, 0.3) is 0 Å². The van der Waals surface area contributed by atoms with Crippen molar-refractivity contribution in [2.24, 2.45) is 0 Å². The van der Waals surface area contributed by atoms with Crippen molar-refractivity contribution in [3.05, 3.63) is 144 Å². The zero-order valence-corrected chi connectivity index (χ0v) is 21.7. The number of anilines is 1. The summed E-state index contributed by atoms with van der Waals surface area (Å²) < 4.78 is 7.73. The van der Waals surface area contributed by atoms with Crippen LogP contribution in [0.2, 0.25) is 0 Å². The lowest BCUT2D eigenvalue weighted by Crippen LogP contribution is -2.11. The molecule has 6 nitrogen and oxygen atoms in total. The molecule has 0 saturated carbocycles. The monoisotopic (exact) mass is 523 g/mol. The number of hydrogen-bond donors (Lipinski definition) is 1. The van der Waals surface area contributed by atoms with Gasteiger partial charge in [-0.25, -0.2) is 4.68 Å². The topological polar surface area (TPSA) is 77.1 Å². The number of benzene rings is 4. The van der Waals surface area contributed by atoms with Gasteiger partial charge in [0.1, 0.15) is 5.58 Å². The SMILES string of the molecule is Cc1ccc(C(=O)c2oc3ccccc3c2NC(=O)/C=C/c2cn(-c3ccccc3)nc2-c2ccccc2)cc1. The lowest BCUT2D eigenvalue weighted by Gasteiger charge is -2.04. The molecule has 194 valence electrons. The normalized spacial score (nSPS) is 11.2. The van der Waals surface area contributed by atoms with E-state index in [0.29, 0.717) is 22.2 Å². The van der Waals surface area contributed by atoms with Crippen LogP contribution in [0, 0.1) is 6.92 Å². The molecule has 0 unspecified atom stereocenters. The number of fused-ring (bicyclic) bond motifs is 1. The summed E-state index contributed by atoms with van der Waals surface area (Å²) >= 11 is 0. The maximum atomic E-state index is 13.4. The first-order chi connectivity index (χ1) is 19.6. The Morgan fingerprint density at radius 3 is 2.25 bits per heavy atom. The molecule has 6 aromatic rings. The molecule has 6 heteroatoms. The van der Waals surface area contributed by atoms with Crippen molar-refractivity contribution < 1.29 is 14.0 Å². The van der Waals surface area contributed by atoms with Crippen molar-refractivity contribution in [1.82, 2.24) is 9.78 Å². The molecular formula is C34H25N3O3. The molecule has 1 amide bonds. The zero-order chi connectivity index (χ0) is 27.5. The number of furan rings is 1. The predicted molar refractivity (Wildman–Crippen MR) is 157 cm³/mol. The number of aromatic nitrogens is 2. The van der Waals surface area contributed by atoms with Gasteiger partial charge in [0.2, 0.25) is 11.7 Å². The number of carbonyl (C=O) groups excluding carboxylic acids is 2. The van der Waals surface area contributed by atoms with Gasteiger partial charge in [-0.1, -0.05) is 90.5 Å². The summed E-state index contributed by atoms with van der Waals surface area (Å²) in [7, 11) is 0. The molecular weight excluding hydrogens is 498 g/mol. The summed E-state index contributed by atoms with van der Waals surface area (Å²) in [6.45, 7) is 1.96. The van der Waals surface area contributed by atoms with Crippen LogP contribution in [0.15, 0.2) is 126 Å². The number of nitrogens with zero attached hydrogens (tertiary/aromatic N) is 2. The number of para-hydroxylation sites is 2. The molecule has 0 spiro atoms. The summed E-state index contributed by atoms with van der Waals surface area (Å²) in [4.78, 5) is 26.6. The molecule has 0 aliphatic rings. The molecule has 0 fully saturated rings. The Morgan fingerprint density at radius 1 is 0.825 bits per heavy atom. The molecule has 1 N–H and O–H groups in total. The molecule has 2 heterocycles. The van der Waals surface area contributed by atoms with Gasteiger partial charge in [0, 0.05) is 34.3 Å². The Bertz CT molecular complexity index is 1850. The van der Waals surface area contributed by atoms with Crippen LogP contribution in [-0.4, -0.2) is 21.5 Å². The number of hydrogen-bond acceptors (Lipinski definition) is 4. The van der Waals surface area contributed by atoms with E-state index in [9.17, 15) is 9.59 Å². The molecule has 6 rings (SSSR count). The van der Waals surface area contributed by atoms with E-state index in [1.807, 2.05) is 104 Å². The number of nitrogens with one attached hydrogen (secondary N) is 1. The van der Waals surface area contributed by atoms with Gasteiger partial charge < -0.3 is 9.73 Å². The van der Waals surface area contributed by atoms with Crippen LogP contribution < -0.4 is 5.32 Å². The average Bonchev–Trinajstić information content (AvgIpc) is 3.59. The summed E-state index contributed by atoms with van der Waals surface area (Å²) in [6.07, 6.45) is 5.07. The molecule has 0 aliphatic carbocycles. The maximum Gasteiger partial charge on any atom is 0.248 e. The van der Waals surface area contributed by atoms with Crippen LogP contribution in [0.5, 0.6) is 0 Å². The van der Waals surface area contributed by atoms with E-state index in [4.69, 9.17) is 9.52 Å². The second-order valence-electron chi connectivity index (χ2n) is 9.40. The Hall–Kier alpha value is -5.49. The van der Waals surface area contributed by atoms with Gasteiger partial charge in [-0.15, -0.1) is 0 Å².